The van der Waals surface area contributed by atoms with Crippen molar-refractivity contribution in [2.45, 2.75) is 32.7 Å². The van der Waals surface area contributed by atoms with E-state index in [-0.39, 0.29) is 12.3 Å². The van der Waals surface area contributed by atoms with Crippen molar-refractivity contribution in [3.8, 4) is 0 Å². The molecule has 0 radical (unpaired) electrons. The molecule has 20 heavy (non-hydrogen) atoms. The lowest BCUT2D eigenvalue weighted by Crippen LogP contribution is -2.15. The van der Waals surface area contributed by atoms with Gasteiger partial charge in [-0.2, -0.15) is 0 Å². The molecule has 106 valence electrons. The van der Waals surface area contributed by atoms with Crippen LogP contribution in [-0.2, 0) is 24.2 Å². The van der Waals surface area contributed by atoms with E-state index >= 15 is 0 Å². The quantitative estimate of drug-likeness (QED) is 0.809. The van der Waals surface area contributed by atoms with Gasteiger partial charge in [0.25, 0.3) is 0 Å². The van der Waals surface area contributed by atoms with E-state index in [1.165, 1.54) is 0 Å². The van der Waals surface area contributed by atoms with E-state index in [0.717, 1.165) is 17.8 Å². The van der Waals surface area contributed by atoms with Crippen LogP contribution in [0, 0.1) is 5.92 Å². The molecule has 1 unspecified atom stereocenters. The van der Waals surface area contributed by atoms with Gasteiger partial charge in [-0.1, -0.05) is 13.0 Å². The van der Waals surface area contributed by atoms with Crippen LogP contribution >= 0.6 is 0 Å². The third kappa shape index (κ3) is 4.11. The molecule has 1 N–H and O–H groups in total. The van der Waals surface area contributed by atoms with E-state index in [9.17, 15) is 4.79 Å². The van der Waals surface area contributed by atoms with Crippen LogP contribution in [0.2, 0.25) is 0 Å². The molecule has 2 aromatic heterocycles. The Morgan fingerprint density at radius 3 is 3.00 bits per heavy atom. The van der Waals surface area contributed by atoms with Gasteiger partial charge in [-0.3, -0.25) is 9.78 Å². The summed E-state index contributed by atoms with van der Waals surface area (Å²) in [4.78, 5) is 14.7. The summed E-state index contributed by atoms with van der Waals surface area (Å²) in [6.45, 7) is 2.39. The Kier molecular flexibility index (Phi) is 4.75. The van der Waals surface area contributed by atoms with Crippen molar-refractivity contribution in [3.63, 3.8) is 0 Å². The highest BCUT2D eigenvalue weighted by atomic mass is 16.4. The molecule has 1 atom stereocenters. The van der Waals surface area contributed by atoms with Crippen LogP contribution in [0.4, 0.5) is 0 Å². The van der Waals surface area contributed by atoms with Crippen LogP contribution in [0.5, 0.6) is 0 Å². The Labute approximate surface area is 116 Å². The third-order valence-corrected chi connectivity index (χ3v) is 2.97. The van der Waals surface area contributed by atoms with E-state index < -0.39 is 5.97 Å². The minimum absolute atomic E-state index is 0.00635. The first-order valence-electron chi connectivity index (χ1n) is 6.51. The maximum absolute atomic E-state index is 10.7. The van der Waals surface area contributed by atoms with Crippen LogP contribution in [0.3, 0.4) is 0 Å². The molecule has 7 nitrogen and oxygen atoms in total. The number of tetrazole rings is 1. The molecule has 0 saturated carbocycles. The highest BCUT2D eigenvalue weighted by Crippen LogP contribution is 2.08. The predicted molar refractivity (Wildman–Crippen MR) is 70.9 cm³/mol. The smallest absolute Gasteiger partial charge is 0.303 e. The lowest BCUT2D eigenvalue weighted by molar-refractivity contribution is -0.138. The lowest BCUT2D eigenvalue weighted by atomic mass is 10.1. The van der Waals surface area contributed by atoms with Gasteiger partial charge in [0, 0.05) is 31.8 Å². The molecule has 2 rings (SSSR count). The number of carbonyl (C=O) groups is 1. The van der Waals surface area contributed by atoms with E-state index in [1.54, 1.807) is 10.9 Å². The summed E-state index contributed by atoms with van der Waals surface area (Å²) >= 11 is 0. The van der Waals surface area contributed by atoms with Gasteiger partial charge in [-0.25, -0.2) is 4.68 Å². The second kappa shape index (κ2) is 6.74. The monoisotopic (exact) mass is 275 g/mol. The zero-order chi connectivity index (χ0) is 14.4. The fourth-order valence-electron chi connectivity index (χ4n) is 2.00. The molecule has 0 aliphatic carbocycles. The lowest BCUT2D eigenvalue weighted by Gasteiger charge is -2.09. The molecule has 0 amide bonds. The number of rotatable bonds is 7. The molecule has 2 heterocycles. The zero-order valence-electron chi connectivity index (χ0n) is 11.3. The normalized spacial score (nSPS) is 12.2. The van der Waals surface area contributed by atoms with E-state index in [0.29, 0.717) is 13.0 Å². The van der Waals surface area contributed by atoms with Crippen molar-refractivity contribution >= 4 is 5.97 Å². The number of carboxylic acid groups (broad SMARTS) is 1. The van der Waals surface area contributed by atoms with Crippen LogP contribution in [0.1, 0.15) is 24.7 Å². The highest BCUT2D eigenvalue weighted by Gasteiger charge is 2.12. The number of aryl methyl sites for hydroxylation is 2. The molecule has 0 aliphatic heterocycles. The summed E-state index contributed by atoms with van der Waals surface area (Å²) in [6, 6.07) is 3.90. The Morgan fingerprint density at radius 2 is 2.30 bits per heavy atom. The number of carboxylic acids is 1. The number of aliphatic carboxylic acids is 1. The Balaban J connectivity index is 1.93. The van der Waals surface area contributed by atoms with Crippen molar-refractivity contribution in [1.29, 1.82) is 0 Å². The summed E-state index contributed by atoms with van der Waals surface area (Å²) in [5.41, 5.74) is 1.13. The summed E-state index contributed by atoms with van der Waals surface area (Å²) < 4.78 is 1.68. The van der Waals surface area contributed by atoms with Gasteiger partial charge < -0.3 is 5.11 Å². The van der Waals surface area contributed by atoms with Gasteiger partial charge in [0.2, 0.25) is 0 Å². The molecule has 0 aliphatic rings. The molecule has 0 spiro atoms. The molecule has 0 saturated heterocycles. The summed E-state index contributed by atoms with van der Waals surface area (Å²) in [5.74, 6) is -0.0401. The van der Waals surface area contributed by atoms with Crippen molar-refractivity contribution in [2.24, 2.45) is 5.92 Å². The van der Waals surface area contributed by atoms with Gasteiger partial charge in [0.05, 0.1) is 0 Å². The fraction of sp³-hybridized carbons (Fsp3) is 0.462. The van der Waals surface area contributed by atoms with E-state index in [1.807, 2.05) is 25.3 Å². The second-order valence-electron chi connectivity index (χ2n) is 4.84. The number of pyridine rings is 1. The van der Waals surface area contributed by atoms with Crippen molar-refractivity contribution < 1.29 is 9.90 Å². The summed E-state index contributed by atoms with van der Waals surface area (Å²) in [6.07, 6.45) is 5.18. The first-order valence-corrected chi connectivity index (χ1v) is 6.51. The van der Waals surface area contributed by atoms with Gasteiger partial charge in [0.15, 0.2) is 5.82 Å². The number of hydrogen-bond donors (Lipinski definition) is 1. The minimum Gasteiger partial charge on any atom is -0.481 e. The molecular weight excluding hydrogens is 258 g/mol. The van der Waals surface area contributed by atoms with Crippen molar-refractivity contribution in [2.75, 3.05) is 0 Å². The number of aromatic nitrogens is 5. The Bertz CT molecular complexity index is 555. The topological polar surface area (TPSA) is 93.8 Å². The second-order valence-corrected chi connectivity index (χ2v) is 4.84. The summed E-state index contributed by atoms with van der Waals surface area (Å²) in [7, 11) is 0. The Morgan fingerprint density at radius 1 is 1.45 bits per heavy atom. The average molecular weight is 275 g/mol. The largest absolute Gasteiger partial charge is 0.481 e. The van der Waals surface area contributed by atoms with Crippen molar-refractivity contribution in [1.82, 2.24) is 25.2 Å². The predicted octanol–water partition coefficient (Wildman–Crippen LogP) is 0.964. The molecule has 0 bridgehead atoms. The van der Waals surface area contributed by atoms with Crippen LogP contribution in [0.15, 0.2) is 24.5 Å². The maximum atomic E-state index is 10.7. The van der Waals surface area contributed by atoms with E-state index in [4.69, 9.17) is 5.11 Å². The maximum Gasteiger partial charge on any atom is 0.303 e. The SMILES string of the molecule is CC(CC(=O)O)Cn1nnnc1CCc1cccnc1. The number of hydrogen-bond acceptors (Lipinski definition) is 5. The van der Waals surface area contributed by atoms with Gasteiger partial charge in [0.1, 0.15) is 0 Å². The molecule has 0 aromatic carbocycles. The van der Waals surface area contributed by atoms with Gasteiger partial charge in [-0.15, -0.1) is 5.10 Å². The van der Waals surface area contributed by atoms with Gasteiger partial charge >= 0.3 is 5.97 Å². The first-order chi connectivity index (χ1) is 9.65. The molecule has 2 aromatic rings. The molecule has 7 heteroatoms. The van der Waals surface area contributed by atoms with E-state index in [2.05, 4.69) is 20.5 Å². The summed E-state index contributed by atoms with van der Waals surface area (Å²) in [5, 5.41) is 20.4. The zero-order valence-corrected chi connectivity index (χ0v) is 11.3. The Hall–Kier alpha value is -2.31. The fourth-order valence-corrected chi connectivity index (χ4v) is 2.00. The van der Waals surface area contributed by atoms with Crippen LogP contribution < -0.4 is 0 Å². The van der Waals surface area contributed by atoms with Crippen LogP contribution in [-0.4, -0.2) is 36.3 Å². The number of nitrogens with zero attached hydrogens (tertiary/aromatic N) is 5. The van der Waals surface area contributed by atoms with Crippen LogP contribution in [0.25, 0.3) is 0 Å². The standard InChI is InChI=1S/C13H17N5O2/c1-10(7-13(19)20)9-18-12(15-16-17-18)5-4-11-3-2-6-14-8-11/h2-3,6,8,10H,4-5,7,9H2,1H3,(H,19,20). The van der Waals surface area contributed by atoms with Gasteiger partial charge in [-0.05, 0) is 34.4 Å². The average Bonchev–Trinajstić information content (AvgIpc) is 2.84. The highest BCUT2D eigenvalue weighted by molar-refractivity contribution is 5.66. The minimum atomic E-state index is -0.803. The molecule has 0 fully saturated rings. The van der Waals surface area contributed by atoms with Crippen molar-refractivity contribution in [3.05, 3.63) is 35.9 Å². The molecular formula is C13H17N5O2. The third-order valence-electron chi connectivity index (χ3n) is 2.97. The first kappa shape index (κ1) is 14.1.